The zero-order valence-corrected chi connectivity index (χ0v) is 18.3. The molecule has 1 saturated carbocycles. The first kappa shape index (κ1) is 26.5. The summed E-state index contributed by atoms with van der Waals surface area (Å²) in [5.41, 5.74) is -1.99. The van der Waals surface area contributed by atoms with Gasteiger partial charge in [0, 0.05) is 24.8 Å². The number of ether oxygens (including phenoxy) is 1. The molecule has 1 fully saturated rings. The van der Waals surface area contributed by atoms with Crippen molar-refractivity contribution in [3.63, 3.8) is 0 Å². The van der Waals surface area contributed by atoms with E-state index in [0.29, 0.717) is 10.2 Å². The molecule has 1 aromatic carbocycles. The first-order valence-corrected chi connectivity index (χ1v) is 10.1. The Balaban J connectivity index is 2.05. The fraction of sp³-hybridized carbons (Fsp3) is 0.333. The second-order valence-electron chi connectivity index (χ2n) is 7.55. The molecule has 192 valence electrons. The van der Waals surface area contributed by atoms with Crippen molar-refractivity contribution in [2.75, 3.05) is 7.05 Å². The number of carbonyl (C=O) groups is 1. The number of nitrogens with zero attached hydrogens (tertiary/aromatic N) is 3. The van der Waals surface area contributed by atoms with Crippen molar-refractivity contribution in [2.45, 2.75) is 37.6 Å². The van der Waals surface area contributed by atoms with Crippen LogP contribution in [0.25, 0.3) is 16.9 Å². The van der Waals surface area contributed by atoms with Crippen molar-refractivity contribution in [3.8, 4) is 17.2 Å². The van der Waals surface area contributed by atoms with E-state index in [-0.39, 0.29) is 22.7 Å². The summed E-state index contributed by atoms with van der Waals surface area (Å²) in [5, 5.41) is 25.2. The lowest BCUT2D eigenvalue weighted by Gasteiger charge is -2.23. The number of nitriles is 1. The summed E-state index contributed by atoms with van der Waals surface area (Å²) in [5.74, 6) is -9.01. The number of hydrogen-bond acceptors (Lipinski definition) is 6. The lowest BCUT2D eigenvalue weighted by atomic mass is 10.0. The van der Waals surface area contributed by atoms with Gasteiger partial charge in [-0.1, -0.05) is 6.07 Å². The van der Waals surface area contributed by atoms with Gasteiger partial charge in [0.15, 0.2) is 17.3 Å². The molecule has 0 aliphatic heterocycles. The maximum absolute atomic E-state index is 13.8. The molecule has 0 unspecified atom stereocenters. The van der Waals surface area contributed by atoms with Crippen LogP contribution in [0.4, 0.5) is 30.7 Å². The minimum absolute atomic E-state index is 0.00262. The van der Waals surface area contributed by atoms with Gasteiger partial charge in [-0.3, -0.25) is 10.2 Å². The molecule has 3 rings (SSSR count). The fourth-order valence-electron chi connectivity index (χ4n) is 3.03. The van der Waals surface area contributed by atoms with Crippen LogP contribution in [0.3, 0.4) is 0 Å². The zero-order valence-electron chi connectivity index (χ0n) is 18.3. The van der Waals surface area contributed by atoms with E-state index >= 15 is 0 Å². The highest BCUT2D eigenvalue weighted by Gasteiger charge is 2.62. The molecule has 1 aliphatic carbocycles. The van der Waals surface area contributed by atoms with Crippen LogP contribution in [0.5, 0.6) is 0 Å². The largest absolute Gasteiger partial charge is 0.459 e. The first-order chi connectivity index (χ1) is 16.8. The minimum atomic E-state index is -6.26. The average Bonchev–Trinajstić information content (AvgIpc) is 3.49. The lowest BCUT2D eigenvalue weighted by molar-refractivity contribution is -0.250. The average molecular weight is 518 g/mol. The molecule has 1 amide bonds. The van der Waals surface area contributed by atoms with Gasteiger partial charge in [0.2, 0.25) is 0 Å². The van der Waals surface area contributed by atoms with Crippen LogP contribution < -0.4 is 10.6 Å². The molecular formula is C21H17F7N6O2. The van der Waals surface area contributed by atoms with Crippen molar-refractivity contribution in [1.29, 1.82) is 10.7 Å². The SMILES string of the molecule is CN/C(=C(/OC(F)F)C(=N)C(F)(F)C(F)(F)F)n1cc(-c2ccc(C#N)c(C(=O)NC3CC3)c2)cn1. The van der Waals surface area contributed by atoms with Crippen LogP contribution in [-0.4, -0.2) is 53.2 Å². The Kier molecular flexibility index (Phi) is 7.27. The van der Waals surface area contributed by atoms with Crippen LogP contribution in [0.2, 0.25) is 0 Å². The van der Waals surface area contributed by atoms with Crippen molar-refractivity contribution in [3.05, 3.63) is 47.5 Å². The minimum Gasteiger partial charge on any atom is -0.429 e. The smallest absolute Gasteiger partial charge is 0.429 e. The van der Waals surface area contributed by atoms with Gasteiger partial charge in [-0.05, 0) is 30.5 Å². The van der Waals surface area contributed by atoms with E-state index in [4.69, 9.17) is 5.41 Å². The van der Waals surface area contributed by atoms with Crippen molar-refractivity contribution < 1.29 is 40.3 Å². The second-order valence-corrected chi connectivity index (χ2v) is 7.55. The van der Waals surface area contributed by atoms with Crippen molar-refractivity contribution in [2.24, 2.45) is 0 Å². The first-order valence-electron chi connectivity index (χ1n) is 10.1. The summed E-state index contributed by atoms with van der Waals surface area (Å²) in [6.07, 6.45) is -2.50. The molecule has 3 N–H and O–H groups in total. The van der Waals surface area contributed by atoms with E-state index in [1.54, 1.807) is 0 Å². The summed E-state index contributed by atoms with van der Waals surface area (Å²) in [6.45, 7) is -3.84. The summed E-state index contributed by atoms with van der Waals surface area (Å²) in [6, 6.07) is 5.99. The summed E-state index contributed by atoms with van der Waals surface area (Å²) in [4.78, 5) is 12.5. The van der Waals surface area contributed by atoms with E-state index in [1.165, 1.54) is 18.2 Å². The Morgan fingerprint density at radius 3 is 2.44 bits per heavy atom. The van der Waals surface area contributed by atoms with Crippen molar-refractivity contribution in [1.82, 2.24) is 20.4 Å². The highest BCUT2D eigenvalue weighted by molar-refractivity contribution is 6.05. The van der Waals surface area contributed by atoms with Crippen LogP contribution in [-0.2, 0) is 4.74 Å². The van der Waals surface area contributed by atoms with E-state index in [9.17, 15) is 40.8 Å². The quantitative estimate of drug-likeness (QED) is 0.263. The van der Waals surface area contributed by atoms with E-state index in [0.717, 1.165) is 32.3 Å². The monoisotopic (exact) mass is 518 g/mol. The van der Waals surface area contributed by atoms with Crippen LogP contribution in [0.15, 0.2) is 36.4 Å². The molecule has 0 saturated heterocycles. The van der Waals surface area contributed by atoms with Gasteiger partial charge >= 0.3 is 18.7 Å². The number of nitrogens with one attached hydrogen (secondary N) is 3. The molecule has 0 atom stereocenters. The van der Waals surface area contributed by atoms with Gasteiger partial charge in [0.05, 0.1) is 23.4 Å². The Labute approximate surface area is 198 Å². The third-order valence-electron chi connectivity index (χ3n) is 5.00. The van der Waals surface area contributed by atoms with Crippen LogP contribution in [0, 0.1) is 16.7 Å². The molecule has 15 heteroatoms. The van der Waals surface area contributed by atoms with Crippen LogP contribution in [0.1, 0.15) is 28.8 Å². The Bertz CT molecular complexity index is 1240. The van der Waals surface area contributed by atoms with Gasteiger partial charge in [-0.2, -0.15) is 41.1 Å². The molecule has 0 radical (unpaired) electrons. The van der Waals surface area contributed by atoms with Crippen molar-refractivity contribution >= 4 is 17.4 Å². The highest BCUT2D eigenvalue weighted by Crippen LogP contribution is 2.39. The molecule has 8 nitrogen and oxygen atoms in total. The molecule has 1 aromatic heterocycles. The number of aromatic nitrogens is 2. The lowest BCUT2D eigenvalue weighted by Crippen LogP contribution is -2.45. The Morgan fingerprint density at radius 1 is 1.25 bits per heavy atom. The molecule has 1 heterocycles. The molecule has 2 aromatic rings. The number of rotatable bonds is 9. The standard InChI is InChI=1S/C21H17F7N6O2/c1-31-17(15(36-19(22)23)16(30)20(24,25)21(26,27)28)34-9-12(8-32-34)10-2-3-11(7-29)14(6-10)18(35)33-13-4-5-13/h2-3,6,8-9,13,19,30-31H,4-5H2,1H3,(H,33,35)/b17-15-,30-16?. The number of halogens is 7. The summed E-state index contributed by atoms with van der Waals surface area (Å²) in [7, 11) is 1.01. The maximum atomic E-state index is 13.8. The number of alkyl halides is 7. The summed E-state index contributed by atoms with van der Waals surface area (Å²) < 4.78 is 96.1. The Morgan fingerprint density at radius 2 is 1.92 bits per heavy atom. The number of benzene rings is 1. The van der Waals surface area contributed by atoms with Gasteiger partial charge < -0.3 is 15.4 Å². The molecule has 0 bridgehead atoms. The van der Waals surface area contributed by atoms with Crippen LogP contribution >= 0.6 is 0 Å². The van der Waals surface area contributed by atoms with E-state index < -0.39 is 41.9 Å². The third-order valence-corrected chi connectivity index (χ3v) is 5.00. The summed E-state index contributed by atoms with van der Waals surface area (Å²) >= 11 is 0. The Hall–Kier alpha value is -4.09. The normalized spacial score (nSPS) is 14.7. The number of allylic oxidation sites excluding steroid dienone is 1. The number of carbonyl (C=O) groups excluding carboxylic acids is 1. The van der Waals surface area contributed by atoms with E-state index in [1.807, 2.05) is 6.07 Å². The molecule has 1 aliphatic rings. The number of hydrogen-bond donors (Lipinski definition) is 3. The van der Waals surface area contributed by atoms with Gasteiger partial charge in [0.1, 0.15) is 0 Å². The molecule has 0 spiro atoms. The third kappa shape index (κ3) is 5.42. The fourth-order valence-corrected chi connectivity index (χ4v) is 3.03. The highest BCUT2D eigenvalue weighted by atomic mass is 19.4. The van der Waals surface area contributed by atoms with Gasteiger partial charge in [0.25, 0.3) is 5.91 Å². The molecule has 36 heavy (non-hydrogen) atoms. The van der Waals surface area contributed by atoms with Gasteiger partial charge in [-0.15, -0.1) is 0 Å². The predicted molar refractivity (Wildman–Crippen MR) is 111 cm³/mol. The molecular weight excluding hydrogens is 501 g/mol. The van der Waals surface area contributed by atoms with Gasteiger partial charge in [-0.25, -0.2) is 4.68 Å². The zero-order chi connectivity index (χ0) is 26.8. The van der Waals surface area contributed by atoms with E-state index in [2.05, 4.69) is 20.5 Å². The second kappa shape index (κ2) is 9.88. The number of amides is 1. The maximum Gasteiger partial charge on any atom is 0.459 e. The predicted octanol–water partition coefficient (Wildman–Crippen LogP) is 4.12. The topological polar surface area (TPSA) is 116 Å².